The van der Waals surface area contributed by atoms with Gasteiger partial charge in [-0.05, 0) is 12.1 Å². The monoisotopic (exact) mass is 307 g/mol. The largest absolute Gasteiger partial charge is 0.296 e. The molecule has 3 nitrogen and oxygen atoms in total. The molecule has 0 heterocycles. The first-order chi connectivity index (χ1) is 5.02. The van der Waals surface area contributed by atoms with Crippen molar-refractivity contribution < 1.29 is 13.0 Å². The van der Waals surface area contributed by atoms with Gasteiger partial charge in [-0.1, -0.05) is 23.7 Å². The fourth-order valence-electron chi connectivity index (χ4n) is 0.654. The van der Waals surface area contributed by atoms with Crippen LogP contribution < -0.4 is 0 Å². The molecule has 0 unspecified atom stereocenters. The van der Waals surface area contributed by atoms with Crippen molar-refractivity contribution in [3.8, 4) is 0 Å². The number of hydrogen-bond donors (Lipinski definition) is 1. The van der Waals surface area contributed by atoms with Crippen molar-refractivity contribution in [1.29, 1.82) is 0 Å². The molecule has 1 aromatic rings. The molecule has 0 atom stereocenters. The third-order valence-corrected chi connectivity index (χ3v) is 2.47. The molecule has 12 heavy (non-hydrogen) atoms. The molecule has 1 rings (SSSR count). The Morgan fingerprint density at radius 1 is 1.25 bits per heavy atom. The summed E-state index contributed by atoms with van der Waals surface area (Å²) in [4.78, 5) is -0.262. The van der Waals surface area contributed by atoms with Gasteiger partial charge in [-0.15, -0.1) is 0 Å². The molecule has 0 spiro atoms. The van der Waals surface area contributed by atoms with E-state index in [1.165, 1.54) is 18.2 Å². The van der Waals surface area contributed by atoms with Crippen LogP contribution in [0, 0.1) is 0 Å². The standard InChI is InChI=1S/C6H5ClO3S.In/c7-5-3-1-2-4-6(5)11(8,9)10;/h1-4H,(H,8,9,10);. The van der Waals surface area contributed by atoms with Crippen LogP contribution in [0.1, 0.15) is 0 Å². The van der Waals surface area contributed by atoms with Crippen LogP contribution in [0.25, 0.3) is 0 Å². The SMILES string of the molecule is O=S(=O)(O)c1ccccc1Cl.[In]. The zero-order chi connectivity index (χ0) is 8.48. The Labute approximate surface area is 94.3 Å². The third-order valence-electron chi connectivity index (χ3n) is 1.11. The average Bonchev–Trinajstić information content (AvgIpc) is 1.86. The molecule has 3 radical (unpaired) electrons. The summed E-state index contributed by atoms with van der Waals surface area (Å²) in [6, 6.07) is 5.69. The van der Waals surface area contributed by atoms with E-state index in [4.69, 9.17) is 16.2 Å². The first kappa shape index (κ1) is 12.3. The van der Waals surface area contributed by atoms with Gasteiger partial charge in [-0.25, -0.2) is 0 Å². The quantitative estimate of drug-likeness (QED) is 0.793. The Hall–Kier alpha value is 0.290. The molecule has 0 aliphatic rings. The molecule has 63 valence electrons. The second-order valence-electron chi connectivity index (χ2n) is 1.91. The molecular weight excluding hydrogens is 302 g/mol. The predicted octanol–water partition coefficient (Wildman–Crippen LogP) is 1.21. The molecule has 1 aromatic carbocycles. The van der Waals surface area contributed by atoms with Crippen molar-refractivity contribution in [1.82, 2.24) is 0 Å². The fraction of sp³-hybridized carbons (Fsp3) is 0. The molecule has 1 N–H and O–H groups in total. The van der Waals surface area contributed by atoms with Crippen LogP contribution in [0.2, 0.25) is 5.02 Å². The van der Waals surface area contributed by atoms with Gasteiger partial charge in [0.05, 0.1) is 5.02 Å². The Morgan fingerprint density at radius 2 is 1.75 bits per heavy atom. The summed E-state index contributed by atoms with van der Waals surface area (Å²) in [7, 11) is -4.17. The van der Waals surface area contributed by atoms with E-state index in [-0.39, 0.29) is 35.8 Å². The summed E-state index contributed by atoms with van der Waals surface area (Å²) in [5.41, 5.74) is 0. The average molecular weight is 307 g/mol. The van der Waals surface area contributed by atoms with E-state index in [0.29, 0.717) is 0 Å². The number of rotatable bonds is 1. The van der Waals surface area contributed by atoms with E-state index >= 15 is 0 Å². The van der Waals surface area contributed by atoms with Crippen molar-refractivity contribution in [2.24, 2.45) is 0 Å². The van der Waals surface area contributed by atoms with E-state index in [2.05, 4.69) is 0 Å². The zero-order valence-corrected chi connectivity index (χ0v) is 10.8. The van der Waals surface area contributed by atoms with Crippen LogP contribution in [0.15, 0.2) is 29.2 Å². The number of halogens is 1. The van der Waals surface area contributed by atoms with Crippen LogP contribution in [0.3, 0.4) is 0 Å². The molecule has 0 fully saturated rings. The minimum absolute atomic E-state index is 0. The minimum atomic E-state index is -4.17. The maximum absolute atomic E-state index is 10.5. The molecule has 0 saturated heterocycles. The van der Waals surface area contributed by atoms with Crippen LogP contribution in [0.5, 0.6) is 0 Å². The second kappa shape index (κ2) is 4.50. The Bertz CT molecular complexity index is 363. The van der Waals surface area contributed by atoms with Crippen molar-refractivity contribution >= 4 is 47.6 Å². The summed E-state index contributed by atoms with van der Waals surface area (Å²) < 4.78 is 29.6. The van der Waals surface area contributed by atoms with Gasteiger partial charge in [0.2, 0.25) is 0 Å². The smallest absolute Gasteiger partial charge is 0.282 e. The van der Waals surface area contributed by atoms with E-state index in [9.17, 15) is 8.42 Å². The second-order valence-corrected chi connectivity index (χ2v) is 3.70. The number of hydrogen-bond acceptors (Lipinski definition) is 2. The molecule has 0 aliphatic heterocycles. The molecule has 6 heteroatoms. The molecule has 0 aliphatic carbocycles. The molecule has 0 bridgehead atoms. The van der Waals surface area contributed by atoms with Crippen molar-refractivity contribution in [3.63, 3.8) is 0 Å². The summed E-state index contributed by atoms with van der Waals surface area (Å²) in [6.07, 6.45) is 0. The number of benzene rings is 1. The van der Waals surface area contributed by atoms with Crippen LogP contribution >= 0.6 is 11.6 Å². The van der Waals surface area contributed by atoms with Gasteiger partial charge in [-0.2, -0.15) is 8.42 Å². The first-order valence-corrected chi connectivity index (χ1v) is 4.55. The van der Waals surface area contributed by atoms with E-state index < -0.39 is 10.1 Å². The zero-order valence-electron chi connectivity index (χ0n) is 5.94. The van der Waals surface area contributed by atoms with Gasteiger partial charge in [0.1, 0.15) is 4.90 Å². The van der Waals surface area contributed by atoms with Gasteiger partial charge in [0, 0.05) is 25.8 Å². The molecular formula is C6H5ClInO3S. The summed E-state index contributed by atoms with van der Waals surface area (Å²) in [6.45, 7) is 0. The van der Waals surface area contributed by atoms with Gasteiger partial charge >= 0.3 is 0 Å². The Morgan fingerprint density at radius 3 is 2.08 bits per heavy atom. The molecule has 0 amide bonds. The van der Waals surface area contributed by atoms with Crippen molar-refractivity contribution in [2.45, 2.75) is 4.90 Å². The molecule has 0 aromatic heterocycles. The maximum Gasteiger partial charge on any atom is 0.296 e. The summed E-state index contributed by atoms with van der Waals surface area (Å²) in [5, 5.41) is 0.0231. The van der Waals surface area contributed by atoms with Gasteiger partial charge in [-0.3, -0.25) is 4.55 Å². The topological polar surface area (TPSA) is 54.4 Å². The van der Waals surface area contributed by atoms with Crippen LogP contribution in [0.4, 0.5) is 0 Å². The summed E-state index contributed by atoms with van der Waals surface area (Å²) >= 11 is 5.47. The van der Waals surface area contributed by atoms with E-state index in [1.54, 1.807) is 6.07 Å². The Kier molecular flexibility index (Phi) is 4.61. The molecule has 0 saturated carbocycles. The maximum atomic E-state index is 10.5. The van der Waals surface area contributed by atoms with E-state index in [1.807, 2.05) is 0 Å². The van der Waals surface area contributed by atoms with Gasteiger partial charge in [0.15, 0.2) is 0 Å². The van der Waals surface area contributed by atoms with Crippen LogP contribution in [-0.4, -0.2) is 38.8 Å². The first-order valence-electron chi connectivity index (χ1n) is 2.74. The van der Waals surface area contributed by atoms with Gasteiger partial charge in [0.25, 0.3) is 10.1 Å². The Balaban J connectivity index is 0.00000121. The fourth-order valence-corrected chi connectivity index (χ4v) is 1.65. The van der Waals surface area contributed by atoms with Crippen LogP contribution in [-0.2, 0) is 10.1 Å². The van der Waals surface area contributed by atoms with Crippen molar-refractivity contribution in [2.75, 3.05) is 0 Å². The minimum Gasteiger partial charge on any atom is -0.282 e. The predicted molar refractivity (Wildman–Crippen MR) is 47.0 cm³/mol. The summed E-state index contributed by atoms with van der Waals surface area (Å²) in [5.74, 6) is 0. The van der Waals surface area contributed by atoms with Crippen molar-refractivity contribution in [3.05, 3.63) is 29.3 Å². The van der Waals surface area contributed by atoms with E-state index in [0.717, 1.165) is 0 Å². The third kappa shape index (κ3) is 2.97. The van der Waals surface area contributed by atoms with Gasteiger partial charge < -0.3 is 0 Å². The normalized spacial score (nSPS) is 10.5.